The smallest absolute Gasteiger partial charge is 0.315 e. The highest BCUT2D eigenvalue weighted by molar-refractivity contribution is 9.10. The molecule has 156 valence electrons. The van der Waals surface area contributed by atoms with Crippen molar-refractivity contribution in [2.75, 3.05) is 13.7 Å². The van der Waals surface area contributed by atoms with E-state index in [1.807, 2.05) is 13.8 Å². The number of hydrogen-bond acceptors (Lipinski definition) is 6. The molecule has 0 spiro atoms. The van der Waals surface area contributed by atoms with E-state index in [2.05, 4.69) is 20.9 Å². The van der Waals surface area contributed by atoms with Crippen molar-refractivity contribution in [3.63, 3.8) is 0 Å². The van der Waals surface area contributed by atoms with Gasteiger partial charge in [0.2, 0.25) is 0 Å². The molecule has 1 N–H and O–H groups in total. The summed E-state index contributed by atoms with van der Waals surface area (Å²) in [5.41, 5.74) is 2.69. The van der Waals surface area contributed by atoms with E-state index in [1.54, 1.807) is 12.1 Å². The number of nitrogens with zero attached hydrogens (tertiary/aromatic N) is 1. The number of Topliss-reactive ketones (excluding diaryl/α,β-unsaturated/α-hetero) is 1. The summed E-state index contributed by atoms with van der Waals surface area (Å²) in [5, 5.41) is 10.2. The summed E-state index contributed by atoms with van der Waals surface area (Å²) in [6.45, 7) is 4.19. The van der Waals surface area contributed by atoms with Gasteiger partial charge in [0, 0.05) is 29.3 Å². The Morgan fingerprint density at radius 1 is 1.34 bits per heavy atom. The van der Waals surface area contributed by atoms with Gasteiger partial charge < -0.3 is 14.6 Å². The molecule has 0 radical (unpaired) electrons. The summed E-state index contributed by atoms with van der Waals surface area (Å²) in [5.74, 6) is -1.31. The molecule has 0 aromatic heterocycles. The van der Waals surface area contributed by atoms with Crippen molar-refractivity contribution in [2.45, 2.75) is 51.9 Å². The fourth-order valence-corrected chi connectivity index (χ4v) is 4.47. The first-order valence-corrected chi connectivity index (χ1v) is 10.7. The number of methoxy groups -OCH3 is 1. The Morgan fingerprint density at radius 2 is 2.10 bits per heavy atom. The van der Waals surface area contributed by atoms with Crippen molar-refractivity contribution >= 4 is 33.4 Å². The number of allylic oxidation sites excluding steroid dienone is 2. The highest BCUT2D eigenvalue weighted by atomic mass is 79.9. The van der Waals surface area contributed by atoms with Gasteiger partial charge in [-0.25, -0.2) is 0 Å². The summed E-state index contributed by atoms with van der Waals surface area (Å²) in [6.07, 6.45) is 3.62. The maximum absolute atomic E-state index is 13.0. The van der Waals surface area contributed by atoms with E-state index < -0.39 is 11.8 Å². The predicted molar refractivity (Wildman–Crippen MR) is 113 cm³/mol. The van der Waals surface area contributed by atoms with Gasteiger partial charge in [0.05, 0.1) is 18.2 Å². The summed E-state index contributed by atoms with van der Waals surface area (Å²) >= 11 is 3.35. The number of phenols is 1. The number of carbonyl (C=O) groups excluding carboxylic acids is 2. The Labute approximate surface area is 179 Å². The van der Waals surface area contributed by atoms with Crippen LogP contribution in [0.2, 0.25) is 0 Å². The lowest BCUT2D eigenvalue weighted by Crippen LogP contribution is -2.37. The van der Waals surface area contributed by atoms with Crippen molar-refractivity contribution in [3.05, 3.63) is 33.4 Å². The van der Waals surface area contributed by atoms with Crippen LogP contribution in [0, 0.1) is 5.92 Å². The highest BCUT2D eigenvalue weighted by Crippen LogP contribution is 2.46. The molecule has 1 aromatic carbocycles. The van der Waals surface area contributed by atoms with E-state index in [-0.39, 0.29) is 23.3 Å². The van der Waals surface area contributed by atoms with Crippen molar-refractivity contribution in [2.24, 2.45) is 10.9 Å². The number of ether oxygens (including phenoxy) is 2. The van der Waals surface area contributed by atoms with E-state index in [0.717, 1.165) is 25.0 Å². The Morgan fingerprint density at radius 3 is 2.79 bits per heavy atom. The molecule has 0 saturated heterocycles. The van der Waals surface area contributed by atoms with Crippen LogP contribution in [0.25, 0.3) is 0 Å². The molecule has 1 unspecified atom stereocenters. The van der Waals surface area contributed by atoms with Crippen LogP contribution in [0.5, 0.6) is 11.5 Å². The van der Waals surface area contributed by atoms with Gasteiger partial charge in [0.15, 0.2) is 17.3 Å². The molecule has 0 bridgehead atoms. The van der Waals surface area contributed by atoms with Crippen LogP contribution >= 0.6 is 15.9 Å². The van der Waals surface area contributed by atoms with Gasteiger partial charge in [-0.3, -0.25) is 14.6 Å². The standard InChI is InChI=1S/C22H26BrNO5/c1-4-5-9-29-22(27)18-12(2)24-15-7-6-8-16(25)20(15)19(18)13-10-14(23)21(26)17(11-13)28-3/h10-11,18-19,26H,4-9H2,1-3H3/t18?,19-/m1/s1. The third-order valence-corrected chi connectivity index (χ3v) is 6.06. The number of aliphatic imine (C=N–C) groups is 1. The van der Waals surface area contributed by atoms with Crippen molar-refractivity contribution in [3.8, 4) is 11.5 Å². The minimum absolute atomic E-state index is 0.0158. The molecule has 6 nitrogen and oxygen atoms in total. The molecule has 0 amide bonds. The summed E-state index contributed by atoms with van der Waals surface area (Å²) in [7, 11) is 1.46. The lowest BCUT2D eigenvalue weighted by molar-refractivity contribution is -0.146. The van der Waals surface area contributed by atoms with Gasteiger partial charge in [0.25, 0.3) is 0 Å². The average molecular weight is 464 g/mol. The van der Waals surface area contributed by atoms with E-state index in [0.29, 0.717) is 40.8 Å². The van der Waals surface area contributed by atoms with Gasteiger partial charge >= 0.3 is 5.97 Å². The van der Waals surface area contributed by atoms with Crippen molar-refractivity contribution < 1.29 is 24.2 Å². The molecule has 1 heterocycles. The molecule has 3 rings (SSSR count). The quantitative estimate of drug-likeness (QED) is 0.488. The van der Waals surface area contributed by atoms with Gasteiger partial charge in [0.1, 0.15) is 5.92 Å². The number of phenolic OH excluding ortho intramolecular Hbond substituents is 1. The van der Waals surface area contributed by atoms with Crippen LogP contribution in [0.3, 0.4) is 0 Å². The normalized spacial score (nSPS) is 21.5. The summed E-state index contributed by atoms with van der Waals surface area (Å²) in [6, 6.07) is 3.42. The monoisotopic (exact) mass is 463 g/mol. The molecule has 2 atom stereocenters. The van der Waals surface area contributed by atoms with E-state index in [1.165, 1.54) is 7.11 Å². The number of esters is 1. The SMILES string of the molecule is CCCCOC(=O)C1C(C)=NC2=C(C(=O)CCC2)[C@@H]1c1cc(Br)c(O)c(OC)c1. The lowest BCUT2D eigenvalue weighted by atomic mass is 9.71. The van der Waals surface area contributed by atoms with E-state index >= 15 is 0 Å². The van der Waals surface area contributed by atoms with Crippen LogP contribution in [-0.4, -0.2) is 36.3 Å². The number of aromatic hydroxyl groups is 1. The molecule has 2 aliphatic rings. The van der Waals surface area contributed by atoms with Gasteiger partial charge in [-0.05, 0) is 59.8 Å². The number of rotatable bonds is 6. The Hall–Kier alpha value is -2.15. The van der Waals surface area contributed by atoms with Crippen molar-refractivity contribution in [1.29, 1.82) is 0 Å². The zero-order chi connectivity index (χ0) is 21.1. The van der Waals surface area contributed by atoms with Gasteiger partial charge in [-0.15, -0.1) is 0 Å². The maximum Gasteiger partial charge on any atom is 0.315 e. The van der Waals surface area contributed by atoms with Crippen molar-refractivity contribution in [1.82, 2.24) is 0 Å². The fraction of sp³-hybridized carbons (Fsp3) is 0.500. The van der Waals surface area contributed by atoms with Crippen LogP contribution in [0.4, 0.5) is 0 Å². The first-order valence-electron chi connectivity index (χ1n) is 9.93. The molecule has 1 aromatic rings. The maximum atomic E-state index is 13.0. The summed E-state index contributed by atoms with van der Waals surface area (Å²) in [4.78, 5) is 30.5. The molecule has 1 aliphatic carbocycles. The topological polar surface area (TPSA) is 85.2 Å². The second-order valence-electron chi connectivity index (χ2n) is 7.42. The molecular formula is C22H26BrNO5. The molecular weight excluding hydrogens is 438 g/mol. The van der Waals surface area contributed by atoms with Crippen LogP contribution < -0.4 is 4.74 Å². The zero-order valence-electron chi connectivity index (χ0n) is 17.0. The van der Waals surface area contributed by atoms with Crippen LogP contribution in [0.1, 0.15) is 57.4 Å². The van der Waals surface area contributed by atoms with Crippen LogP contribution in [0.15, 0.2) is 32.9 Å². The zero-order valence-corrected chi connectivity index (χ0v) is 18.5. The third kappa shape index (κ3) is 4.25. The number of halogens is 1. The average Bonchev–Trinajstić information content (AvgIpc) is 2.69. The number of carbonyl (C=O) groups is 2. The van der Waals surface area contributed by atoms with E-state index in [9.17, 15) is 14.7 Å². The third-order valence-electron chi connectivity index (χ3n) is 5.46. The Bertz CT molecular complexity index is 889. The van der Waals surface area contributed by atoms with Gasteiger partial charge in [-0.1, -0.05) is 13.3 Å². The van der Waals surface area contributed by atoms with E-state index in [4.69, 9.17) is 9.47 Å². The Kier molecular flexibility index (Phi) is 6.77. The second-order valence-corrected chi connectivity index (χ2v) is 8.27. The largest absolute Gasteiger partial charge is 0.503 e. The molecule has 1 aliphatic heterocycles. The minimum atomic E-state index is -0.686. The van der Waals surface area contributed by atoms with Gasteiger partial charge in [-0.2, -0.15) is 0 Å². The fourth-order valence-electron chi connectivity index (χ4n) is 4.01. The number of unbranched alkanes of at least 4 members (excludes halogenated alkanes) is 1. The highest BCUT2D eigenvalue weighted by Gasteiger charge is 2.43. The molecule has 29 heavy (non-hydrogen) atoms. The first kappa shape index (κ1) is 21.6. The predicted octanol–water partition coefficient (Wildman–Crippen LogP) is 4.69. The first-order chi connectivity index (χ1) is 13.9. The van der Waals surface area contributed by atoms with Crippen LogP contribution in [-0.2, 0) is 14.3 Å². The number of ketones is 1. The molecule has 0 saturated carbocycles. The Balaban J connectivity index is 2.12. The number of benzene rings is 1. The summed E-state index contributed by atoms with van der Waals surface area (Å²) < 4.78 is 11.3. The lowest BCUT2D eigenvalue weighted by Gasteiger charge is -2.34. The second kappa shape index (κ2) is 9.11. The number of hydrogen-bond donors (Lipinski definition) is 1. The molecule has 7 heteroatoms. The minimum Gasteiger partial charge on any atom is -0.503 e. The molecule has 0 fully saturated rings.